The van der Waals surface area contributed by atoms with E-state index in [0.29, 0.717) is 29.5 Å². The number of aromatic hydroxyl groups is 1. The van der Waals surface area contributed by atoms with Gasteiger partial charge < -0.3 is 15.0 Å². The Kier molecular flexibility index (Phi) is 5.64. The average molecular weight is 472 g/mol. The van der Waals surface area contributed by atoms with Crippen LogP contribution in [0.4, 0.5) is 0 Å². The standard InChI is InChI=1S/C29H33N3O3/c1-2-25(32-21-13-19-12-20(15-21)16-22(32)14-19)30-28(34)26-27(33)23-10-6-7-11-24(23)31(29(26)35)17-18-8-4-3-5-9-18/h3-11,19-22,25,33H,2,12-17H2,1H3,(H,30,34). The lowest BCUT2D eigenvalue weighted by atomic mass is 9.63. The number of carbonyl (C=O) groups excluding carboxylic acids is 1. The van der Waals surface area contributed by atoms with E-state index in [-0.39, 0.29) is 17.5 Å². The molecule has 2 saturated carbocycles. The van der Waals surface area contributed by atoms with Crippen LogP contribution in [0.5, 0.6) is 5.75 Å². The Labute approximate surface area is 205 Å². The van der Waals surface area contributed by atoms with Crippen molar-refractivity contribution in [2.24, 2.45) is 11.8 Å². The van der Waals surface area contributed by atoms with Crippen molar-refractivity contribution in [1.29, 1.82) is 0 Å². The van der Waals surface area contributed by atoms with Gasteiger partial charge in [-0.2, -0.15) is 0 Å². The van der Waals surface area contributed by atoms with Crippen LogP contribution in [0.2, 0.25) is 0 Å². The predicted octanol–water partition coefficient (Wildman–Crippen LogP) is 4.48. The maximum absolute atomic E-state index is 13.7. The van der Waals surface area contributed by atoms with E-state index in [2.05, 4.69) is 17.1 Å². The minimum absolute atomic E-state index is 0.134. The maximum atomic E-state index is 13.7. The molecule has 4 bridgehead atoms. The number of hydrogen-bond donors (Lipinski definition) is 2. The van der Waals surface area contributed by atoms with Gasteiger partial charge in [-0.1, -0.05) is 49.4 Å². The Morgan fingerprint density at radius 1 is 0.971 bits per heavy atom. The third-order valence-corrected chi connectivity index (χ3v) is 8.53. The summed E-state index contributed by atoms with van der Waals surface area (Å²) in [6.07, 6.45) is 6.85. The molecular weight excluding hydrogens is 438 g/mol. The number of nitrogens with one attached hydrogen (secondary N) is 1. The summed E-state index contributed by atoms with van der Waals surface area (Å²) in [6, 6.07) is 18.0. The number of carbonyl (C=O) groups is 1. The first-order valence-electron chi connectivity index (χ1n) is 13.0. The van der Waals surface area contributed by atoms with Gasteiger partial charge in [0, 0.05) is 17.5 Å². The summed E-state index contributed by atoms with van der Waals surface area (Å²) in [6.45, 7) is 2.42. The van der Waals surface area contributed by atoms with Gasteiger partial charge in [-0.3, -0.25) is 14.5 Å². The molecule has 6 nitrogen and oxygen atoms in total. The predicted molar refractivity (Wildman–Crippen MR) is 136 cm³/mol. The van der Waals surface area contributed by atoms with Crippen molar-refractivity contribution in [2.45, 2.75) is 70.2 Å². The topological polar surface area (TPSA) is 74.6 Å². The smallest absolute Gasteiger partial charge is 0.268 e. The quantitative estimate of drug-likeness (QED) is 0.556. The Morgan fingerprint density at radius 3 is 2.26 bits per heavy atom. The van der Waals surface area contributed by atoms with E-state index >= 15 is 0 Å². The number of rotatable bonds is 6. The van der Waals surface area contributed by atoms with Crippen LogP contribution >= 0.6 is 0 Å². The minimum Gasteiger partial charge on any atom is -0.506 e. The molecule has 2 saturated heterocycles. The van der Waals surface area contributed by atoms with Crippen molar-refractivity contribution >= 4 is 16.8 Å². The molecule has 2 N–H and O–H groups in total. The Bertz CT molecular complexity index is 1290. The minimum atomic E-state index is -0.485. The second-order valence-corrected chi connectivity index (χ2v) is 10.7. The third-order valence-electron chi connectivity index (χ3n) is 8.53. The number of aromatic nitrogens is 1. The van der Waals surface area contributed by atoms with E-state index in [0.717, 1.165) is 23.8 Å². The van der Waals surface area contributed by atoms with Crippen LogP contribution in [0.25, 0.3) is 10.9 Å². The van der Waals surface area contributed by atoms with Crippen LogP contribution in [0.1, 0.15) is 61.4 Å². The monoisotopic (exact) mass is 471 g/mol. The number of hydrogen-bond acceptors (Lipinski definition) is 4. The average Bonchev–Trinajstić information content (AvgIpc) is 2.86. The van der Waals surface area contributed by atoms with Gasteiger partial charge in [0.25, 0.3) is 11.5 Å². The molecule has 2 aromatic carbocycles. The number of para-hydroxylation sites is 1. The number of amides is 1. The Hall–Kier alpha value is -3.12. The fourth-order valence-electron chi connectivity index (χ4n) is 7.20. The van der Waals surface area contributed by atoms with Gasteiger partial charge >= 0.3 is 0 Å². The highest BCUT2D eigenvalue weighted by molar-refractivity contribution is 6.02. The van der Waals surface area contributed by atoms with E-state index in [1.807, 2.05) is 48.5 Å². The normalized spacial score (nSPS) is 26.2. The molecule has 3 aromatic rings. The van der Waals surface area contributed by atoms with Crippen molar-refractivity contribution in [2.75, 3.05) is 0 Å². The zero-order chi connectivity index (χ0) is 24.1. The summed E-state index contributed by atoms with van der Waals surface area (Å²) in [5.74, 6) is 0.941. The van der Waals surface area contributed by atoms with Crippen molar-refractivity contribution in [3.8, 4) is 5.75 Å². The molecule has 1 unspecified atom stereocenters. The van der Waals surface area contributed by atoms with E-state index < -0.39 is 11.5 Å². The third kappa shape index (κ3) is 3.84. The molecule has 0 spiro atoms. The van der Waals surface area contributed by atoms with E-state index in [4.69, 9.17) is 0 Å². The first-order chi connectivity index (χ1) is 17.0. The van der Waals surface area contributed by atoms with Gasteiger partial charge in [-0.05, 0) is 68.1 Å². The molecule has 1 aromatic heterocycles. The fraction of sp³-hybridized carbons (Fsp3) is 0.448. The van der Waals surface area contributed by atoms with Gasteiger partial charge in [-0.25, -0.2) is 0 Å². The fourth-order valence-corrected chi connectivity index (χ4v) is 7.20. The largest absolute Gasteiger partial charge is 0.506 e. The Morgan fingerprint density at radius 2 is 1.60 bits per heavy atom. The lowest BCUT2D eigenvalue weighted by Crippen LogP contribution is -2.64. The summed E-state index contributed by atoms with van der Waals surface area (Å²) in [5, 5.41) is 14.8. The van der Waals surface area contributed by atoms with Crippen LogP contribution < -0.4 is 10.9 Å². The Balaban J connectivity index is 1.35. The highest BCUT2D eigenvalue weighted by atomic mass is 16.3. The van der Waals surface area contributed by atoms with Crippen molar-refractivity contribution in [1.82, 2.24) is 14.8 Å². The molecule has 35 heavy (non-hydrogen) atoms. The number of nitrogens with zero attached hydrogens (tertiary/aromatic N) is 2. The highest BCUT2D eigenvalue weighted by Gasteiger charge is 2.49. The zero-order valence-corrected chi connectivity index (χ0v) is 20.2. The zero-order valence-electron chi connectivity index (χ0n) is 20.2. The van der Waals surface area contributed by atoms with Gasteiger partial charge in [-0.15, -0.1) is 0 Å². The first kappa shape index (κ1) is 22.4. The summed E-state index contributed by atoms with van der Waals surface area (Å²) >= 11 is 0. The van der Waals surface area contributed by atoms with E-state index in [9.17, 15) is 14.7 Å². The van der Waals surface area contributed by atoms with Gasteiger partial charge in [0.15, 0.2) is 0 Å². The summed E-state index contributed by atoms with van der Waals surface area (Å²) < 4.78 is 1.60. The van der Waals surface area contributed by atoms with Gasteiger partial charge in [0.05, 0.1) is 18.2 Å². The lowest BCUT2D eigenvalue weighted by Gasteiger charge is -2.58. The molecule has 182 valence electrons. The van der Waals surface area contributed by atoms with Crippen molar-refractivity contribution < 1.29 is 9.90 Å². The summed E-state index contributed by atoms with van der Waals surface area (Å²) in [7, 11) is 0. The van der Waals surface area contributed by atoms with Crippen molar-refractivity contribution in [3.05, 3.63) is 76.1 Å². The molecule has 6 heteroatoms. The summed E-state index contributed by atoms with van der Waals surface area (Å²) in [4.78, 5) is 29.8. The van der Waals surface area contributed by atoms with Crippen LogP contribution in [-0.4, -0.2) is 38.7 Å². The van der Waals surface area contributed by atoms with Crippen LogP contribution in [0.3, 0.4) is 0 Å². The molecule has 1 atom stereocenters. The SMILES string of the molecule is CCC(NC(=O)c1c(O)c2ccccc2n(Cc2ccccc2)c1=O)N1C2CC3CC(C2)CC1C3. The van der Waals surface area contributed by atoms with Crippen molar-refractivity contribution in [3.63, 3.8) is 0 Å². The summed E-state index contributed by atoms with van der Waals surface area (Å²) in [5.41, 5.74) is 0.954. The van der Waals surface area contributed by atoms with Gasteiger partial charge in [0.1, 0.15) is 11.3 Å². The number of fused-ring (bicyclic) bond motifs is 1. The molecule has 0 radical (unpaired) electrons. The molecule has 4 fully saturated rings. The molecule has 7 rings (SSSR count). The van der Waals surface area contributed by atoms with Gasteiger partial charge in [0.2, 0.25) is 0 Å². The molecule has 1 amide bonds. The highest BCUT2D eigenvalue weighted by Crippen LogP contribution is 2.49. The van der Waals surface area contributed by atoms with Crippen LogP contribution in [0.15, 0.2) is 59.4 Å². The van der Waals surface area contributed by atoms with Crippen LogP contribution in [-0.2, 0) is 6.54 Å². The number of benzene rings is 2. The van der Waals surface area contributed by atoms with Crippen LogP contribution in [0, 0.1) is 11.8 Å². The molecule has 3 heterocycles. The number of pyridine rings is 1. The lowest BCUT2D eigenvalue weighted by molar-refractivity contribution is -0.0875. The van der Waals surface area contributed by atoms with E-state index in [1.165, 1.54) is 32.1 Å². The second-order valence-electron chi connectivity index (χ2n) is 10.7. The first-order valence-corrected chi connectivity index (χ1v) is 13.0. The maximum Gasteiger partial charge on any atom is 0.268 e. The molecule has 2 aliphatic heterocycles. The van der Waals surface area contributed by atoms with E-state index in [1.54, 1.807) is 10.6 Å². The molecular formula is C29H33N3O3. The number of piperidine rings is 2. The second kappa shape index (κ2) is 8.83. The molecule has 2 aliphatic carbocycles. The molecule has 4 aliphatic rings.